The molecule has 7 heteroatoms. The Balaban J connectivity index is 1.63. The third kappa shape index (κ3) is 3.34. The lowest BCUT2D eigenvalue weighted by Crippen LogP contribution is -2.44. The van der Waals surface area contributed by atoms with Crippen LogP contribution in [0.1, 0.15) is 36.2 Å². The van der Waals surface area contributed by atoms with Gasteiger partial charge < -0.3 is 15.5 Å². The highest BCUT2D eigenvalue weighted by atomic mass is 32.1. The average Bonchev–Trinajstić information content (AvgIpc) is 3.21. The molecule has 114 valence electrons. The molecule has 1 aliphatic carbocycles. The summed E-state index contributed by atoms with van der Waals surface area (Å²) in [5.41, 5.74) is 0.487. The Bertz CT molecular complexity index is 541. The fourth-order valence-corrected chi connectivity index (χ4v) is 3.34. The molecule has 2 N–H and O–H groups in total. The first-order valence-corrected chi connectivity index (χ1v) is 8.28. The van der Waals surface area contributed by atoms with Gasteiger partial charge in [0.05, 0.1) is 5.92 Å². The smallest absolute Gasteiger partial charge is 0.273 e. The molecule has 0 radical (unpaired) electrons. The number of thiazole rings is 1. The molecule has 0 spiro atoms. The highest BCUT2D eigenvalue weighted by Gasteiger charge is 2.29. The second-order valence-corrected chi connectivity index (χ2v) is 6.52. The first kappa shape index (κ1) is 14.3. The second-order valence-electron chi connectivity index (χ2n) is 5.66. The second kappa shape index (κ2) is 6.01. The van der Waals surface area contributed by atoms with E-state index in [1.165, 1.54) is 24.2 Å². The van der Waals surface area contributed by atoms with Gasteiger partial charge in [-0.3, -0.25) is 9.59 Å². The zero-order valence-electron chi connectivity index (χ0n) is 12.1. The molecular formula is C14H20N4O2S. The largest absolute Gasteiger partial charge is 0.359 e. The van der Waals surface area contributed by atoms with Gasteiger partial charge in [0, 0.05) is 31.6 Å². The quantitative estimate of drug-likeness (QED) is 0.879. The van der Waals surface area contributed by atoms with Gasteiger partial charge in [0.25, 0.3) is 5.91 Å². The molecule has 0 bridgehead atoms. The fourth-order valence-electron chi connectivity index (χ4n) is 2.58. The van der Waals surface area contributed by atoms with E-state index in [-0.39, 0.29) is 17.7 Å². The number of nitrogens with one attached hydrogen (secondary N) is 2. The Kier molecular flexibility index (Phi) is 4.10. The number of nitrogens with zero attached hydrogens (tertiary/aromatic N) is 2. The molecule has 1 unspecified atom stereocenters. The zero-order valence-corrected chi connectivity index (χ0v) is 12.9. The lowest BCUT2D eigenvalue weighted by Gasteiger charge is -2.31. The Morgan fingerprint density at radius 3 is 2.90 bits per heavy atom. The summed E-state index contributed by atoms with van der Waals surface area (Å²) < 4.78 is 0. The van der Waals surface area contributed by atoms with Crippen LogP contribution in [0.25, 0.3) is 0 Å². The first-order valence-electron chi connectivity index (χ1n) is 7.40. The van der Waals surface area contributed by atoms with Crippen LogP contribution in [0.3, 0.4) is 0 Å². The molecule has 0 aromatic carbocycles. The van der Waals surface area contributed by atoms with Crippen LogP contribution in [-0.2, 0) is 4.79 Å². The van der Waals surface area contributed by atoms with Gasteiger partial charge >= 0.3 is 0 Å². The molecular weight excluding hydrogens is 288 g/mol. The summed E-state index contributed by atoms with van der Waals surface area (Å²) >= 11 is 1.47. The number of aromatic nitrogens is 1. The Morgan fingerprint density at radius 2 is 2.19 bits per heavy atom. The van der Waals surface area contributed by atoms with E-state index in [0.717, 1.165) is 18.0 Å². The average molecular weight is 308 g/mol. The maximum Gasteiger partial charge on any atom is 0.273 e. The normalized spacial score (nSPS) is 22.0. The molecule has 2 amide bonds. The zero-order chi connectivity index (χ0) is 14.8. The molecule has 2 aliphatic rings. The van der Waals surface area contributed by atoms with Crippen molar-refractivity contribution in [1.29, 1.82) is 0 Å². The summed E-state index contributed by atoms with van der Waals surface area (Å²) in [6, 6.07) is 0.534. The topological polar surface area (TPSA) is 74.3 Å². The number of likely N-dealkylation sites (tertiary alicyclic amines) is 1. The van der Waals surface area contributed by atoms with E-state index in [4.69, 9.17) is 0 Å². The van der Waals surface area contributed by atoms with Crippen LogP contribution in [0.15, 0.2) is 5.38 Å². The molecule has 1 saturated heterocycles. The summed E-state index contributed by atoms with van der Waals surface area (Å²) in [5, 5.41) is 8.59. The Hall–Kier alpha value is -1.63. The van der Waals surface area contributed by atoms with Crippen LogP contribution < -0.4 is 10.6 Å². The minimum atomic E-state index is -0.101. The highest BCUT2D eigenvalue weighted by Crippen LogP contribution is 2.27. The van der Waals surface area contributed by atoms with Crippen molar-refractivity contribution in [2.45, 2.75) is 31.7 Å². The van der Waals surface area contributed by atoms with Crippen LogP contribution >= 0.6 is 11.3 Å². The molecule has 3 rings (SSSR count). The minimum Gasteiger partial charge on any atom is -0.359 e. The number of carbonyl (C=O) groups is 2. The summed E-state index contributed by atoms with van der Waals surface area (Å²) in [4.78, 5) is 30.3. The molecule has 2 heterocycles. The molecule has 1 atom stereocenters. The van der Waals surface area contributed by atoms with Gasteiger partial charge in [-0.15, -0.1) is 11.3 Å². The summed E-state index contributed by atoms with van der Waals surface area (Å²) in [6.07, 6.45) is 4.07. The molecule has 2 fully saturated rings. The van der Waals surface area contributed by atoms with Gasteiger partial charge in [-0.05, 0) is 25.7 Å². The number of piperidine rings is 1. The van der Waals surface area contributed by atoms with Crippen molar-refractivity contribution >= 4 is 28.3 Å². The van der Waals surface area contributed by atoms with Gasteiger partial charge in [-0.1, -0.05) is 0 Å². The van der Waals surface area contributed by atoms with E-state index >= 15 is 0 Å². The van der Waals surface area contributed by atoms with Crippen molar-refractivity contribution in [3.63, 3.8) is 0 Å². The number of carbonyl (C=O) groups excluding carboxylic acids is 2. The lowest BCUT2D eigenvalue weighted by atomic mass is 9.97. The fraction of sp³-hybridized carbons (Fsp3) is 0.643. The summed E-state index contributed by atoms with van der Waals surface area (Å²) in [6.45, 7) is 1.19. The number of hydrogen-bond donors (Lipinski definition) is 2. The summed E-state index contributed by atoms with van der Waals surface area (Å²) in [7, 11) is 1.64. The van der Waals surface area contributed by atoms with Crippen molar-refractivity contribution < 1.29 is 9.59 Å². The van der Waals surface area contributed by atoms with Crippen LogP contribution in [-0.4, -0.2) is 47.9 Å². The van der Waals surface area contributed by atoms with Gasteiger partial charge in [-0.25, -0.2) is 4.98 Å². The van der Waals surface area contributed by atoms with E-state index in [1.807, 2.05) is 0 Å². The molecule has 6 nitrogen and oxygen atoms in total. The van der Waals surface area contributed by atoms with Crippen molar-refractivity contribution in [1.82, 2.24) is 15.2 Å². The number of hydrogen-bond acceptors (Lipinski definition) is 5. The Morgan fingerprint density at radius 1 is 1.38 bits per heavy atom. The van der Waals surface area contributed by atoms with Gasteiger partial charge in [0.2, 0.25) is 5.91 Å². The predicted molar refractivity (Wildman–Crippen MR) is 81.5 cm³/mol. The predicted octanol–water partition coefficient (Wildman–Crippen LogP) is 1.32. The lowest BCUT2D eigenvalue weighted by molar-refractivity contribution is -0.125. The van der Waals surface area contributed by atoms with E-state index < -0.39 is 0 Å². The van der Waals surface area contributed by atoms with Gasteiger partial charge in [-0.2, -0.15) is 0 Å². The number of amides is 2. The van der Waals surface area contributed by atoms with Crippen molar-refractivity contribution in [3.8, 4) is 0 Å². The highest BCUT2D eigenvalue weighted by molar-refractivity contribution is 7.13. The van der Waals surface area contributed by atoms with Gasteiger partial charge in [0.15, 0.2) is 5.13 Å². The molecule has 1 saturated carbocycles. The number of rotatable bonds is 4. The van der Waals surface area contributed by atoms with Crippen molar-refractivity contribution in [2.75, 3.05) is 25.5 Å². The maximum absolute atomic E-state index is 12.5. The third-order valence-corrected chi connectivity index (χ3v) is 4.73. The van der Waals surface area contributed by atoms with Crippen molar-refractivity contribution in [3.05, 3.63) is 11.1 Å². The molecule has 1 aliphatic heterocycles. The van der Waals surface area contributed by atoms with Crippen LogP contribution in [0, 0.1) is 5.92 Å². The first-order chi connectivity index (χ1) is 10.2. The SMILES string of the molecule is CNC(=O)C1CCCN(C(=O)c2csc(NC3CC3)n2)C1. The van der Waals surface area contributed by atoms with Gasteiger partial charge in [0.1, 0.15) is 5.69 Å². The van der Waals surface area contributed by atoms with Crippen LogP contribution in [0.4, 0.5) is 5.13 Å². The maximum atomic E-state index is 12.5. The molecule has 1 aromatic rings. The summed E-state index contributed by atoms with van der Waals surface area (Å²) in [5.74, 6) is -0.152. The molecule has 21 heavy (non-hydrogen) atoms. The van der Waals surface area contributed by atoms with E-state index in [1.54, 1.807) is 17.3 Å². The third-order valence-electron chi connectivity index (χ3n) is 3.95. The Labute approximate surface area is 127 Å². The van der Waals surface area contributed by atoms with E-state index in [9.17, 15) is 9.59 Å². The van der Waals surface area contributed by atoms with E-state index in [2.05, 4.69) is 15.6 Å². The molecule has 1 aromatic heterocycles. The van der Waals surface area contributed by atoms with Crippen LogP contribution in [0.2, 0.25) is 0 Å². The minimum absolute atomic E-state index is 0.0156. The van der Waals surface area contributed by atoms with E-state index in [0.29, 0.717) is 24.8 Å². The monoisotopic (exact) mass is 308 g/mol. The number of anilines is 1. The van der Waals surface area contributed by atoms with Crippen LogP contribution in [0.5, 0.6) is 0 Å². The standard InChI is InChI=1S/C14H20N4O2S/c1-15-12(19)9-3-2-6-18(7-9)13(20)11-8-21-14(17-11)16-10-4-5-10/h8-10H,2-7H2,1H3,(H,15,19)(H,16,17). The van der Waals surface area contributed by atoms with Crippen molar-refractivity contribution in [2.24, 2.45) is 5.92 Å².